The molecule has 1 atom stereocenters. The van der Waals surface area contributed by atoms with Crippen molar-refractivity contribution in [3.63, 3.8) is 0 Å². The SMILES string of the molecule is NNC(Cc1ccncc1)c1cc2cccc(Cl)c2o1. The van der Waals surface area contributed by atoms with Crippen LogP contribution in [0.2, 0.25) is 5.02 Å². The first-order valence-corrected chi connectivity index (χ1v) is 6.68. The van der Waals surface area contributed by atoms with Gasteiger partial charge in [-0.3, -0.25) is 10.8 Å². The maximum Gasteiger partial charge on any atom is 0.152 e. The number of halogens is 1. The van der Waals surface area contributed by atoms with Crippen molar-refractivity contribution in [3.8, 4) is 0 Å². The normalized spacial score (nSPS) is 12.7. The lowest BCUT2D eigenvalue weighted by Gasteiger charge is -2.12. The lowest BCUT2D eigenvalue weighted by atomic mass is 10.1. The molecule has 5 heteroatoms. The van der Waals surface area contributed by atoms with Gasteiger partial charge in [-0.05, 0) is 36.2 Å². The van der Waals surface area contributed by atoms with Crippen molar-refractivity contribution in [2.24, 2.45) is 5.84 Å². The molecule has 0 saturated heterocycles. The van der Waals surface area contributed by atoms with E-state index in [1.807, 2.05) is 36.4 Å². The lowest BCUT2D eigenvalue weighted by molar-refractivity contribution is 0.434. The summed E-state index contributed by atoms with van der Waals surface area (Å²) in [4.78, 5) is 4.01. The van der Waals surface area contributed by atoms with Crippen molar-refractivity contribution in [2.75, 3.05) is 0 Å². The van der Waals surface area contributed by atoms with Gasteiger partial charge in [0.15, 0.2) is 5.58 Å². The van der Waals surface area contributed by atoms with Gasteiger partial charge in [0.2, 0.25) is 0 Å². The number of nitrogens with one attached hydrogen (secondary N) is 1. The van der Waals surface area contributed by atoms with Gasteiger partial charge in [0, 0.05) is 17.8 Å². The molecule has 3 rings (SSSR count). The summed E-state index contributed by atoms with van der Waals surface area (Å²) in [6.45, 7) is 0. The van der Waals surface area contributed by atoms with E-state index in [4.69, 9.17) is 21.9 Å². The summed E-state index contributed by atoms with van der Waals surface area (Å²) in [5, 5.41) is 1.58. The fourth-order valence-electron chi connectivity index (χ4n) is 2.22. The molecule has 102 valence electrons. The summed E-state index contributed by atoms with van der Waals surface area (Å²) in [6.07, 6.45) is 4.24. The standard InChI is InChI=1S/C15H14ClN3O/c16-12-3-1-2-11-9-14(20-15(11)12)13(19-17)8-10-4-6-18-7-5-10/h1-7,9,13,19H,8,17H2. The first-order chi connectivity index (χ1) is 9.78. The zero-order valence-corrected chi connectivity index (χ0v) is 11.5. The molecule has 1 unspecified atom stereocenters. The summed E-state index contributed by atoms with van der Waals surface area (Å²) in [6, 6.07) is 11.4. The summed E-state index contributed by atoms with van der Waals surface area (Å²) < 4.78 is 5.83. The van der Waals surface area contributed by atoms with Crippen LogP contribution in [-0.4, -0.2) is 4.98 Å². The number of furan rings is 1. The van der Waals surface area contributed by atoms with Crippen molar-refractivity contribution < 1.29 is 4.42 Å². The molecule has 0 aliphatic heterocycles. The van der Waals surface area contributed by atoms with Crippen molar-refractivity contribution in [1.29, 1.82) is 0 Å². The summed E-state index contributed by atoms with van der Waals surface area (Å²) in [7, 11) is 0. The fourth-order valence-corrected chi connectivity index (χ4v) is 2.44. The maximum atomic E-state index is 6.12. The van der Waals surface area contributed by atoms with E-state index in [9.17, 15) is 0 Å². The zero-order valence-electron chi connectivity index (χ0n) is 10.7. The summed E-state index contributed by atoms with van der Waals surface area (Å²) in [5.41, 5.74) is 4.62. The van der Waals surface area contributed by atoms with Crippen LogP contribution in [0, 0.1) is 0 Å². The highest BCUT2D eigenvalue weighted by Gasteiger charge is 2.16. The third kappa shape index (κ3) is 2.54. The molecular formula is C15H14ClN3O. The van der Waals surface area contributed by atoms with Gasteiger partial charge in [-0.25, -0.2) is 5.43 Å². The van der Waals surface area contributed by atoms with E-state index in [-0.39, 0.29) is 6.04 Å². The number of benzene rings is 1. The molecule has 0 aliphatic rings. The average molecular weight is 288 g/mol. The first-order valence-electron chi connectivity index (χ1n) is 6.31. The predicted molar refractivity (Wildman–Crippen MR) is 79.2 cm³/mol. The van der Waals surface area contributed by atoms with E-state index in [0.717, 1.165) is 23.1 Å². The van der Waals surface area contributed by atoms with E-state index in [1.54, 1.807) is 12.4 Å². The molecule has 0 spiro atoms. The van der Waals surface area contributed by atoms with Crippen LogP contribution < -0.4 is 11.3 Å². The monoisotopic (exact) mass is 287 g/mol. The smallest absolute Gasteiger partial charge is 0.152 e. The third-order valence-electron chi connectivity index (χ3n) is 3.25. The van der Waals surface area contributed by atoms with Crippen molar-refractivity contribution in [3.05, 3.63) is 65.1 Å². The number of pyridine rings is 1. The molecule has 4 nitrogen and oxygen atoms in total. The minimum absolute atomic E-state index is 0.110. The molecule has 0 aliphatic carbocycles. The molecule has 0 fully saturated rings. The quantitative estimate of drug-likeness (QED) is 0.571. The lowest BCUT2D eigenvalue weighted by Crippen LogP contribution is -2.29. The topological polar surface area (TPSA) is 64.1 Å². The molecule has 0 bridgehead atoms. The fraction of sp³-hybridized carbons (Fsp3) is 0.133. The Bertz CT molecular complexity index is 711. The number of hydrogen-bond acceptors (Lipinski definition) is 4. The van der Waals surface area contributed by atoms with Crippen molar-refractivity contribution in [1.82, 2.24) is 10.4 Å². The van der Waals surface area contributed by atoms with E-state index in [2.05, 4.69) is 10.4 Å². The number of hydrazine groups is 1. The molecule has 20 heavy (non-hydrogen) atoms. The van der Waals surface area contributed by atoms with E-state index in [1.165, 1.54) is 0 Å². The summed E-state index contributed by atoms with van der Waals surface area (Å²) in [5.74, 6) is 6.42. The second-order valence-electron chi connectivity index (χ2n) is 4.59. The van der Waals surface area contributed by atoms with Crippen LogP contribution in [0.4, 0.5) is 0 Å². The average Bonchev–Trinajstić information content (AvgIpc) is 2.91. The number of para-hydroxylation sites is 1. The van der Waals surface area contributed by atoms with Crippen molar-refractivity contribution >= 4 is 22.6 Å². The number of fused-ring (bicyclic) bond motifs is 1. The van der Waals surface area contributed by atoms with Crippen LogP contribution >= 0.6 is 11.6 Å². The zero-order chi connectivity index (χ0) is 13.9. The molecule has 3 aromatic rings. The predicted octanol–water partition coefficient (Wildman–Crippen LogP) is 3.23. The maximum absolute atomic E-state index is 6.12. The Hall–Kier alpha value is -1.88. The molecule has 3 N–H and O–H groups in total. The Balaban J connectivity index is 1.93. The summed E-state index contributed by atoms with van der Waals surface area (Å²) >= 11 is 6.12. The van der Waals surface area contributed by atoms with E-state index in [0.29, 0.717) is 10.6 Å². The number of aromatic nitrogens is 1. The minimum atomic E-state index is -0.110. The second-order valence-corrected chi connectivity index (χ2v) is 4.99. The van der Waals surface area contributed by atoms with Crippen LogP contribution in [0.3, 0.4) is 0 Å². The van der Waals surface area contributed by atoms with Gasteiger partial charge < -0.3 is 4.42 Å². The van der Waals surface area contributed by atoms with Gasteiger partial charge >= 0.3 is 0 Å². The molecule has 2 heterocycles. The Morgan fingerprint density at radius 2 is 2.05 bits per heavy atom. The molecular weight excluding hydrogens is 274 g/mol. The second kappa shape index (κ2) is 5.63. The minimum Gasteiger partial charge on any atom is -0.458 e. The van der Waals surface area contributed by atoms with Gasteiger partial charge in [-0.1, -0.05) is 23.7 Å². The highest BCUT2D eigenvalue weighted by atomic mass is 35.5. The van der Waals surface area contributed by atoms with Crippen molar-refractivity contribution in [2.45, 2.75) is 12.5 Å². The Kier molecular flexibility index (Phi) is 3.69. The first kappa shape index (κ1) is 13.1. The Morgan fingerprint density at radius 3 is 2.75 bits per heavy atom. The third-order valence-corrected chi connectivity index (χ3v) is 3.55. The molecule has 0 amide bonds. The van der Waals surface area contributed by atoms with Gasteiger partial charge in [-0.15, -0.1) is 0 Å². The van der Waals surface area contributed by atoms with Crippen LogP contribution in [0.15, 0.2) is 53.2 Å². The number of nitrogens with two attached hydrogens (primary N) is 1. The molecule has 0 saturated carbocycles. The Morgan fingerprint density at radius 1 is 1.25 bits per heavy atom. The van der Waals surface area contributed by atoms with Crippen LogP contribution in [0.25, 0.3) is 11.0 Å². The molecule has 0 radical (unpaired) electrons. The van der Waals surface area contributed by atoms with Gasteiger partial charge in [0.1, 0.15) is 5.76 Å². The highest BCUT2D eigenvalue weighted by Crippen LogP contribution is 2.30. The molecule has 2 aromatic heterocycles. The Labute approximate surface area is 121 Å². The number of nitrogens with zero attached hydrogens (tertiary/aromatic N) is 1. The van der Waals surface area contributed by atoms with Gasteiger partial charge in [-0.2, -0.15) is 0 Å². The van der Waals surface area contributed by atoms with E-state index < -0.39 is 0 Å². The molecule has 1 aromatic carbocycles. The van der Waals surface area contributed by atoms with E-state index >= 15 is 0 Å². The van der Waals surface area contributed by atoms with Crippen LogP contribution in [-0.2, 0) is 6.42 Å². The number of hydrogen-bond donors (Lipinski definition) is 2. The highest BCUT2D eigenvalue weighted by molar-refractivity contribution is 6.34. The van der Waals surface area contributed by atoms with Crippen LogP contribution in [0.5, 0.6) is 0 Å². The van der Waals surface area contributed by atoms with Gasteiger partial charge in [0.05, 0.1) is 11.1 Å². The van der Waals surface area contributed by atoms with Gasteiger partial charge in [0.25, 0.3) is 0 Å². The van der Waals surface area contributed by atoms with Crippen LogP contribution in [0.1, 0.15) is 17.4 Å². The largest absolute Gasteiger partial charge is 0.458 e. The number of rotatable bonds is 4.